The van der Waals surface area contributed by atoms with Crippen LogP contribution in [-0.4, -0.2) is 39.3 Å². The fourth-order valence-corrected chi connectivity index (χ4v) is 1.16. The molecular formula is C12H15NO5. The summed E-state index contributed by atoms with van der Waals surface area (Å²) in [4.78, 5) is 22.1. The normalized spacial score (nSPS) is 9.67. The number of amides is 1. The second kappa shape index (κ2) is 7.29. The highest BCUT2D eigenvalue weighted by Gasteiger charge is 2.03. The summed E-state index contributed by atoms with van der Waals surface area (Å²) in [5, 5.41) is 2.63. The maximum Gasteiger partial charge on any atom is 0.343 e. The topological polar surface area (TPSA) is 73.9 Å². The molecule has 18 heavy (non-hydrogen) atoms. The van der Waals surface area contributed by atoms with E-state index in [4.69, 9.17) is 4.74 Å². The number of carbonyl (C=O) groups is 2. The van der Waals surface area contributed by atoms with E-state index in [1.165, 1.54) is 14.2 Å². The van der Waals surface area contributed by atoms with Crippen LogP contribution in [0.1, 0.15) is 0 Å². The summed E-state index contributed by atoms with van der Waals surface area (Å²) in [7, 11) is 2.74. The van der Waals surface area contributed by atoms with Crippen LogP contribution in [0.15, 0.2) is 24.3 Å². The van der Waals surface area contributed by atoms with E-state index in [1.54, 1.807) is 24.3 Å². The lowest BCUT2D eigenvalue weighted by molar-refractivity contribution is -0.142. The Hall–Kier alpha value is -2.08. The van der Waals surface area contributed by atoms with Crippen LogP contribution in [-0.2, 0) is 19.1 Å². The van der Waals surface area contributed by atoms with Crippen LogP contribution in [0.5, 0.6) is 5.75 Å². The molecule has 0 aliphatic rings. The Morgan fingerprint density at radius 2 is 1.78 bits per heavy atom. The predicted molar refractivity (Wildman–Crippen MR) is 64.5 cm³/mol. The summed E-state index contributed by atoms with van der Waals surface area (Å²) in [5.41, 5.74) is 0.627. The van der Waals surface area contributed by atoms with Crippen molar-refractivity contribution >= 4 is 17.6 Å². The summed E-state index contributed by atoms with van der Waals surface area (Å²) in [6.07, 6.45) is 0. The summed E-state index contributed by atoms with van der Waals surface area (Å²) < 4.78 is 14.3. The summed E-state index contributed by atoms with van der Waals surface area (Å²) in [5.74, 6) is -0.168. The van der Waals surface area contributed by atoms with Gasteiger partial charge >= 0.3 is 5.97 Å². The van der Waals surface area contributed by atoms with Crippen molar-refractivity contribution in [3.63, 3.8) is 0 Å². The highest BCUT2D eigenvalue weighted by atomic mass is 16.6. The molecule has 1 amide bonds. The van der Waals surface area contributed by atoms with Crippen LogP contribution < -0.4 is 10.1 Å². The van der Waals surface area contributed by atoms with Gasteiger partial charge in [-0.05, 0) is 24.3 Å². The third kappa shape index (κ3) is 4.84. The first-order valence-electron chi connectivity index (χ1n) is 5.24. The predicted octanol–water partition coefficient (Wildman–Crippen LogP) is 0.823. The zero-order valence-electron chi connectivity index (χ0n) is 10.3. The molecule has 6 nitrogen and oxygen atoms in total. The van der Waals surface area contributed by atoms with E-state index >= 15 is 0 Å². The van der Waals surface area contributed by atoms with Gasteiger partial charge in [0, 0.05) is 12.8 Å². The van der Waals surface area contributed by atoms with Crippen molar-refractivity contribution < 1.29 is 23.8 Å². The van der Waals surface area contributed by atoms with Gasteiger partial charge in [0.15, 0.2) is 6.61 Å². The number of carbonyl (C=O) groups excluding carboxylic acids is 2. The molecule has 0 bridgehead atoms. The molecule has 0 saturated carbocycles. The molecule has 0 aromatic heterocycles. The van der Waals surface area contributed by atoms with E-state index in [2.05, 4.69) is 14.8 Å². The molecule has 0 saturated heterocycles. The fraction of sp³-hybridized carbons (Fsp3) is 0.333. The van der Waals surface area contributed by atoms with Crippen LogP contribution in [0.4, 0.5) is 5.69 Å². The highest BCUT2D eigenvalue weighted by Crippen LogP contribution is 2.15. The molecule has 0 fully saturated rings. The molecule has 0 aliphatic heterocycles. The molecule has 98 valence electrons. The van der Waals surface area contributed by atoms with Crippen LogP contribution >= 0.6 is 0 Å². The number of hydrogen-bond donors (Lipinski definition) is 1. The van der Waals surface area contributed by atoms with E-state index < -0.39 is 5.97 Å². The second-order valence-corrected chi connectivity index (χ2v) is 3.37. The lowest BCUT2D eigenvalue weighted by atomic mass is 10.3. The molecule has 1 aromatic carbocycles. The quantitative estimate of drug-likeness (QED) is 0.760. The number of benzene rings is 1. The lowest BCUT2D eigenvalue weighted by Gasteiger charge is -2.07. The standard InChI is InChI=1S/C12H15NO5/c1-16-7-11(14)13-9-3-5-10(6-4-9)18-8-12(15)17-2/h3-6H,7-8H2,1-2H3,(H,13,14). The lowest BCUT2D eigenvalue weighted by Crippen LogP contribution is -2.17. The van der Waals surface area contributed by atoms with E-state index in [1.807, 2.05) is 0 Å². The minimum absolute atomic E-state index is 0.000587. The Kier molecular flexibility index (Phi) is 5.66. The minimum Gasteiger partial charge on any atom is -0.482 e. The first-order chi connectivity index (χ1) is 8.65. The first kappa shape index (κ1) is 14.0. The van der Waals surface area contributed by atoms with Crippen LogP contribution in [0, 0.1) is 0 Å². The number of nitrogens with one attached hydrogen (secondary N) is 1. The van der Waals surface area contributed by atoms with Gasteiger partial charge in [0.25, 0.3) is 0 Å². The van der Waals surface area contributed by atoms with E-state index in [0.29, 0.717) is 11.4 Å². The van der Waals surface area contributed by atoms with Crippen molar-refractivity contribution in [3.8, 4) is 5.75 Å². The van der Waals surface area contributed by atoms with Crippen molar-refractivity contribution in [1.29, 1.82) is 0 Å². The maximum atomic E-state index is 11.2. The summed E-state index contributed by atoms with van der Waals surface area (Å²) >= 11 is 0. The van der Waals surface area contributed by atoms with E-state index in [9.17, 15) is 9.59 Å². The van der Waals surface area contributed by atoms with Crippen molar-refractivity contribution in [2.24, 2.45) is 0 Å². The van der Waals surface area contributed by atoms with Crippen molar-refractivity contribution in [2.75, 3.05) is 32.8 Å². The number of rotatable bonds is 6. The average molecular weight is 253 g/mol. The zero-order chi connectivity index (χ0) is 13.4. The van der Waals surface area contributed by atoms with Gasteiger partial charge in [-0.1, -0.05) is 0 Å². The average Bonchev–Trinajstić information content (AvgIpc) is 2.37. The molecule has 6 heteroatoms. The van der Waals surface area contributed by atoms with Gasteiger partial charge in [-0.2, -0.15) is 0 Å². The molecule has 0 heterocycles. The van der Waals surface area contributed by atoms with Gasteiger partial charge in [0.1, 0.15) is 12.4 Å². The van der Waals surface area contributed by atoms with Crippen molar-refractivity contribution in [2.45, 2.75) is 0 Å². The molecular weight excluding hydrogens is 238 g/mol. The Morgan fingerprint density at radius 3 is 2.33 bits per heavy atom. The second-order valence-electron chi connectivity index (χ2n) is 3.37. The molecule has 1 rings (SSSR count). The molecule has 0 spiro atoms. The van der Waals surface area contributed by atoms with Crippen LogP contribution in [0.3, 0.4) is 0 Å². The number of anilines is 1. The van der Waals surface area contributed by atoms with Gasteiger partial charge in [-0.15, -0.1) is 0 Å². The molecule has 1 N–H and O–H groups in total. The molecule has 0 radical (unpaired) electrons. The summed E-state index contributed by atoms with van der Waals surface area (Å²) in [6, 6.07) is 6.62. The van der Waals surface area contributed by atoms with Gasteiger partial charge < -0.3 is 19.5 Å². The minimum atomic E-state index is -0.451. The Balaban J connectivity index is 2.47. The summed E-state index contributed by atoms with van der Waals surface area (Å²) in [6.45, 7) is -0.146. The zero-order valence-corrected chi connectivity index (χ0v) is 10.3. The Morgan fingerprint density at radius 1 is 1.11 bits per heavy atom. The monoisotopic (exact) mass is 253 g/mol. The fourth-order valence-electron chi connectivity index (χ4n) is 1.16. The molecule has 1 aromatic rings. The van der Waals surface area contributed by atoms with Crippen molar-refractivity contribution in [1.82, 2.24) is 0 Å². The van der Waals surface area contributed by atoms with Crippen LogP contribution in [0.2, 0.25) is 0 Å². The van der Waals surface area contributed by atoms with Crippen LogP contribution in [0.25, 0.3) is 0 Å². The van der Waals surface area contributed by atoms with E-state index in [0.717, 1.165) is 0 Å². The molecule has 0 unspecified atom stereocenters. The first-order valence-corrected chi connectivity index (χ1v) is 5.24. The van der Waals surface area contributed by atoms with Gasteiger partial charge in [-0.25, -0.2) is 4.79 Å². The third-order valence-electron chi connectivity index (χ3n) is 2.00. The Labute approximate surface area is 105 Å². The highest BCUT2D eigenvalue weighted by molar-refractivity contribution is 5.91. The molecule has 0 aliphatic carbocycles. The number of ether oxygens (including phenoxy) is 3. The smallest absolute Gasteiger partial charge is 0.343 e. The van der Waals surface area contributed by atoms with E-state index in [-0.39, 0.29) is 19.1 Å². The maximum absolute atomic E-state index is 11.2. The van der Waals surface area contributed by atoms with Gasteiger partial charge in [0.05, 0.1) is 7.11 Å². The third-order valence-corrected chi connectivity index (χ3v) is 2.00. The molecule has 0 atom stereocenters. The Bertz CT molecular complexity index is 401. The number of esters is 1. The number of hydrogen-bond acceptors (Lipinski definition) is 5. The van der Waals surface area contributed by atoms with Gasteiger partial charge in [0.2, 0.25) is 5.91 Å². The van der Waals surface area contributed by atoms with Gasteiger partial charge in [-0.3, -0.25) is 4.79 Å². The van der Waals surface area contributed by atoms with Crippen molar-refractivity contribution in [3.05, 3.63) is 24.3 Å². The largest absolute Gasteiger partial charge is 0.482 e. The SMILES string of the molecule is COCC(=O)Nc1ccc(OCC(=O)OC)cc1. The number of methoxy groups -OCH3 is 2.